The van der Waals surface area contributed by atoms with Gasteiger partial charge in [0.25, 0.3) is 0 Å². The van der Waals surface area contributed by atoms with Crippen molar-refractivity contribution in [2.24, 2.45) is 0 Å². The average molecular weight is 510 g/mol. The van der Waals surface area contributed by atoms with Gasteiger partial charge in [-0.25, -0.2) is 4.98 Å². The van der Waals surface area contributed by atoms with Crippen molar-refractivity contribution < 1.29 is 0 Å². The van der Waals surface area contributed by atoms with Gasteiger partial charge in [-0.1, -0.05) is 107 Å². The third-order valence-corrected chi connectivity index (χ3v) is 7.35. The van der Waals surface area contributed by atoms with E-state index in [-0.39, 0.29) is 0 Å². The standard InChI is InChI=1S/C33H20BrN/c34-27-9-5-8-23(20-27)24-14-16-28-25(18-24)15-17-30-32(28)29-10-3-4-11-31(29)35-33(30)26-13-12-21-6-1-2-7-22(21)19-26/h1-20H. The molecule has 164 valence electrons. The van der Waals surface area contributed by atoms with Crippen LogP contribution in [0.25, 0.3) is 65.6 Å². The molecular weight excluding hydrogens is 490 g/mol. The zero-order valence-electron chi connectivity index (χ0n) is 18.9. The SMILES string of the molecule is Brc1cccc(-c2ccc3c(ccc4c(-c5ccc6ccccc6c5)nc5ccccc5c43)c2)c1. The Balaban J connectivity index is 1.54. The molecular formula is C33H20BrN. The molecule has 0 spiro atoms. The smallest absolute Gasteiger partial charge is 0.0788 e. The summed E-state index contributed by atoms with van der Waals surface area (Å²) in [5, 5.41) is 8.59. The largest absolute Gasteiger partial charge is 0.247 e. The van der Waals surface area contributed by atoms with Crippen molar-refractivity contribution in [1.29, 1.82) is 0 Å². The highest BCUT2D eigenvalue weighted by atomic mass is 79.9. The van der Waals surface area contributed by atoms with Gasteiger partial charge < -0.3 is 0 Å². The molecule has 1 heterocycles. The molecule has 0 fully saturated rings. The van der Waals surface area contributed by atoms with Crippen LogP contribution in [0.15, 0.2) is 126 Å². The number of nitrogens with zero attached hydrogens (tertiary/aromatic N) is 1. The molecule has 0 saturated carbocycles. The first-order valence-corrected chi connectivity index (χ1v) is 12.5. The van der Waals surface area contributed by atoms with Crippen molar-refractivity contribution in [3.8, 4) is 22.4 Å². The van der Waals surface area contributed by atoms with Gasteiger partial charge in [0.15, 0.2) is 0 Å². The number of rotatable bonds is 2. The van der Waals surface area contributed by atoms with Crippen LogP contribution in [-0.2, 0) is 0 Å². The molecule has 2 heteroatoms. The first-order valence-electron chi connectivity index (χ1n) is 11.7. The minimum absolute atomic E-state index is 1.02. The van der Waals surface area contributed by atoms with E-state index < -0.39 is 0 Å². The number of benzene rings is 6. The topological polar surface area (TPSA) is 12.9 Å². The van der Waals surface area contributed by atoms with E-state index in [1.165, 1.54) is 48.8 Å². The molecule has 0 radical (unpaired) electrons. The summed E-state index contributed by atoms with van der Waals surface area (Å²) in [6.45, 7) is 0. The summed E-state index contributed by atoms with van der Waals surface area (Å²) in [6, 6.07) is 43.4. The highest BCUT2D eigenvalue weighted by molar-refractivity contribution is 9.10. The molecule has 0 unspecified atom stereocenters. The van der Waals surface area contributed by atoms with Gasteiger partial charge in [0.1, 0.15) is 0 Å². The second kappa shape index (κ2) is 8.04. The minimum atomic E-state index is 1.02. The molecule has 7 aromatic rings. The maximum absolute atomic E-state index is 5.16. The summed E-state index contributed by atoms with van der Waals surface area (Å²) in [5.41, 5.74) is 5.61. The Hall–Kier alpha value is -4.01. The van der Waals surface area contributed by atoms with Gasteiger partial charge in [0.2, 0.25) is 0 Å². The van der Waals surface area contributed by atoms with Crippen LogP contribution >= 0.6 is 15.9 Å². The Labute approximate surface area is 211 Å². The van der Waals surface area contributed by atoms with Crippen LogP contribution in [0.3, 0.4) is 0 Å². The lowest BCUT2D eigenvalue weighted by Crippen LogP contribution is -1.91. The van der Waals surface area contributed by atoms with E-state index in [1.54, 1.807) is 0 Å². The number of fused-ring (bicyclic) bond motifs is 6. The van der Waals surface area contributed by atoms with Crippen LogP contribution in [0.1, 0.15) is 0 Å². The molecule has 35 heavy (non-hydrogen) atoms. The molecule has 0 aliphatic rings. The molecule has 0 saturated heterocycles. The van der Waals surface area contributed by atoms with Gasteiger partial charge >= 0.3 is 0 Å². The molecule has 6 aromatic carbocycles. The van der Waals surface area contributed by atoms with Gasteiger partial charge in [-0.3, -0.25) is 0 Å². The Morgan fingerprint density at radius 3 is 2.09 bits per heavy atom. The van der Waals surface area contributed by atoms with Crippen molar-refractivity contribution >= 4 is 59.2 Å². The third-order valence-electron chi connectivity index (χ3n) is 6.86. The second-order valence-corrected chi connectivity index (χ2v) is 9.89. The van der Waals surface area contributed by atoms with E-state index in [0.29, 0.717) is 0 Å². The molecule has 0 aliphatic carbocycles. The van der Waals surface area contributed by atoms with E-state index >= 15 is 0 Å². The molecule has 0 bridgehead atoms. The van der Waals surface area contributed by atoms with Gasteiger partial charge in [-0.2, -0.15) is 0 Å². The van der Waals surface area contributed by atoms with Crippen LogP contribution in [0.2, 0.25) is 0 Å². The molecule has 0 aliphatic heterocycles. The number of halogens is 1. The summed E-state index contributed by atoms with van der Waals surface area (Å²) in [4.78, 5) is 5.16. The van der Waals surface area contributed by atoms with Gasteiger partial charge in [0, 0.05) is 26.2 Å². The number of hydrogen-bond donors (Lipinski definition) is 0. The van der Waals surface area contributed by atoms with E-state index in [2.05, 4.69) is 137 Å². The summed E-state index contributed by atoms with van der Waals surface area (Å²) < 4.78 is 1.09. The molecule has 0 atom stereocenters. The van der Waals surface area contributed by atoms with Crippen molar-refractivity contribution in [3.05, 3.63) is 126 Å². The maximum atomic E-state index is 5.16. The molecule has 7 rings (SSSR count). The normalized spacial score (nSPS) is 11.6. The molecule has 0 amide bonds. The number of hydrogen-bond acceptors (Lipinski definition) is 1. The highest BCUT2D eigenvalue weighted by Crippen LogP contribution is 2.38. The molecule has 1 aromatic heterocycles. The van der Waals surface area contributed by atoms with Crippen molar-refractivity contribution in [1.82, 2.24) is 4.98 Å². The lowest BCUT2D eigenvalue weighted by molar-refractivity contribution is 1.43. The summed E-state index contributed by atoms with van der Waals surface area (Å²) in [6.07, 6.45) is 0. The first-order chi connectivity index (χ1) is 17.2. The first kappa shape index (κ1) is 20.4. The van der Waals surface area contributed by atoms with Crippen LogP contribution < -0.4 is 0 Å². The van der Waals surface area contributed by atoms with E-state index in [0.717, 1.165) is 21.2 Å². The van der Waals surface area contributed by atoms with Crippen LogP contribution in [0.4, 0.5) is 0 Å². The van der Waals surface area contributed by atoms with E-state index in [9.17, 15) is 0 Å². The Bertz CT molecular complexity index is 1920. The zero-order valence-corrected chi connectivity index (χ0v) is 20.5. The summed E-state index contributed by atoms with van der Waals surface area (Å²) >= 11 is 3.61. The quantitative estimate of drug-likeness (QED) is 0.211. The summed E-state index contributed by atoms with van der Waals surface area (Å²) in [5.74, 6) is 0. The average Bonchev–Trinajstić information content (AvgIpc) is 2.91. The number of aromatic nitrogens is 1. The van der Waals surface area contributed by atoms with Crippen molar-refractivity contribution in [3.63, 3.8) is 0 Å². The fourth-order valence-corrected chi connectivity index (χ4v) is 5.58. The van der Waals surface area contributed by atoms with Gasteiger partial charge in [-0.15, -0.1) is 0 Å². The lowest BCUT2D eigenvalue weighted by atomic mass is 9.93. The minimum Gasteiger partial charge on any atom is -0.247 e. The fraction of sp³-hybridized carbons (Fsp3) is 0. The van der Waals surface area contributed by atoms with Crippen LogP contribution in [-0.4, -0.2) is 4.98 Å². The van der Waals surface area contributed by atoms with E-state index in [1.807, 2.05) is 0 Å². The summed E-state index contributed by atoms with van der Waals surface area (Å²) in [7, 11) is 0. The second-order valence-electron chi connectivity index (χ2n) is 8.97. The number of para-hydroxylation sites is 1. The maximum Gasteiger partial charge on any atom is 0.0788 e. The highest BCUT2D eigenvalue weighted by Gasteiger charge is 2.14. The third kappa shape index (κ3) is 3.41. The van der Waals surface area contributed by atoms with Crippen LogP contribution in [0, 0.1) is 0 Å². The van der Waals surface area contributed by atoms with Crippen molar-refractivity contribution in [2.45, 2.75) is 0 Å². The van der Waals surface area contributed by atoms with E-state index in [4.69, 9.17) is 4.98 Å². The Morgan fingerprint density at radius 1 is 0.457 bits per heavy atom. The number of pyridine rings is 1. The fourth-order valence-electron chi connectivity index (χ4n) is 5.18. The molecule has 1 nitrogen and oxygen atoms in total. The lowest BCUT2D eigenvalue weighted by Gasteiger charge is -2.14. The molecule has 0 N–H and O–H groups in total. The monoisotopic (exact) mass is 509 g/mol. The zero-order chi connectivity index (χ0) is 23.4. The van der Waals surface area contributed by atoms with Crippen molar-refractivity contribution in [2.75, 3.05) is 0 Å². The van der Waals surface area contributed by atoms with Crippen LogP contribution in [0.5, 0.6) is 0 Å². The predicted molar refractivity (Wildman–Crippen MR) is 153 cm³/mol. The Morgan fingerprint density at radius 2 is 1.17 bits per heavy atom. The van der Waals surface area contributed by atoms with Gasteiger partial charge in [-0.05, 0) is 63.0 Å². The van der Waals surface area contributed by atoms with Gasteiger partial charge in [0.05, 0.1) is 11.2 Å². The Kier molecular flexibility index (Phi) is 4.68. The predicted octanol–water partition coefficient (Wildman–Crippen LogP) is 9.79.